The molecule has 1 saturated carbocycles. The molecule has 3 rings (SSSR count). The predicted octanol–water partition coefficient (Wildman–Crippen LogP) is 2.04. The minimum Gasteiger partial charge on any atom is -0.355 e. The van der Waals surface area contributed by atoms with E-state index in [1.165, 1.54) is 37.6 Å². The average Bonchev–Trinajstić information content (AvgIpc) is 2.63. The predicted molar refractivity (Wildman–Crippen MR) is 92.4 cm³/mol. The third kappa shape index (κ3) is 4.66. The number of nitrogens with zero attached hydrogens (tertiary/aromatic N) is 3. The zero-order valence-electron chi connectivity index (χ0n) is 14.2. The van der Waals surface area contributed by atoms with Crippen molar-refractivity contribution in [2.75, 3.05) is 44.2 Å². The lowest BCUT2D eigenvalue weighted by atomic mass is 9.89. The molecule has 6 heteroatoms. The zero-order valence-corrected chi connectivity index (χ0v) is 14.2. The van der Waals surface area contributed by atoms with Gasteiger partial charge in [0.2, 0.25) is 5.91 Å². The summed E-state index contributed by atoms with van der Waals surface area (Å²) in [6.45, 7) is 5.10. The van der Waals surface area contributed by atoms with Crippen molar-refractivity contribution < 1.29 is 9.18 Å². The fourth-order valence-corrected chi connectivity index (χ4v) is 3.61. The summed E-state index contributed by atoms with van der Waals surface area (Å²) in [4.78, 5) is 20.8. The highest BCUT2D eigenvalue weighted by Gasteiger charge is 2.21. The number of rotatable bonds is 5. The van der Waals surface area contributed by atoms with Crippen LogP contribution in [0.3, 0.4) is 0 Å². The van der Waals surface area contributed by atoms with Crippen molar-refractivity contribution in [2.24, 2.45) is 5.92 Å². The van der Waals surface area contributed by atoms with Gasteiger partial charge in [0.1, 0.15) is 11.6 Å². The molecule has 1 aromatic rings. The Hall–Kier alpha value is -1.69. The lowest BCUT2D eigenvalue weighted by Crippen LogP contribution is -2.49. The third-order valence-corrected chi connectivity index (χ3v) is 5.11. The highest BCUT2D eigenvalue weighted by molar-refractivity contribution is 5.78. The van der Waals surface area contributed by atoms with Crippen LogP contribution in [-0.4, -0.2) is 55.1 Å². The molecule has 1 aromatic heterocycles. The minimum atomic E-state index is -0.243. The molecule has 1 aliphatic carbocycles. The van der Waals surface area contributed by atoms with Gasteiger partial charge in [0.05, 0.1) is 0 Å². The Balaban J connectivity index is 1.36. The van der Waals surface area contributed by atoms with E-state index in [4.69, 9.17) is 0 Å². The highest BCUT2D eigenvalue weighted by atomic mass is 19.1. The summed E-state index contributed by atoms with van der Waals surface area (Å²) in [6, 6.07) is 2.86. The Bertz CT molecular complexity index is 540. The molecule has 0 atom stereocenters. The number of nitrogens with one attached hydrogen (secondary N) is 1. The van der Waals surface area contributed by atoms with Crippen LogP contribution in [0.2, 0.25) is 0 Å². The summed E-state index contributed by atoms with van der Waals surface area (Å²) >= 11 is 0. The van der Waals surface area contributed by atoms with Gasteiger partial charge in [0.15, 0.2) is 0 Å². The van der Waals surface area contributed by atoms with E-state index in [9.17, 15) is 9.18 Å². The van der Waals surface area contributed by atoms with Crippen molar-refractivity contribution in [2.45, 2.75) is 32.1 Å². The molecule has 2 heterocycles. The van der Waals surface area contributed by atoms with Gasteiger partial charge in [0, 0.05) is 57.4 Å². The van der Waals surface area contributed by atoms with Crippen LogP contribution in [0.25, 0.3) is 0 Å². The molecule has 2 fully saturated rings. The van der Waals surface area contributed by atoms with Gasteiger partial charge < -0.3 is 10.2 Å². The number of carbonyl (C=O) groups is 1. The summed E-state index contributed by atoms with van der Waals surface area (Å²) in [5.41, 5.74) is 0. The van der Waals surface area contributed by atoms with Gasteiger partial charge in [-0.1, -0.05) is 19.3 Å². The van der Waals surface area contributed by atoms with Crippen LogP contribution < -0.4 is 10.2 Å². The minimum absolute atomic E-state index is 0.231. The maximum atomic E-state index is 13.3. The van der Waals surface area contributed by atoms with Gasteiger partial charge in [-0.3, -0.25) is 9.69 Å². The van der Waals surface area contributed by atoms with Crippen LogP contribution in [0.5, 0.6) is 0 Å². The van der Waals surface area contributed by atoms with E-state index in [0.717, 1.165) is 45.6 Å². The number of halogens is 1. The molecule has 5 nitrogen and oxygen atoms in total. The van der Waals surface area contributed by atoms with Crippen molar-refractivity contribution in [3.8, 4) is 0 Å². The number of anilines is 1. The van der Waals surface area contributed by atoms with Crippen LogP contribution in [0.4, 0.5) is 10.2 Å². The zero-order chi connectivity index (χ0) is 16.8. The summed E-state index contributed by atoms with van der Waals surface area (Å²) < 4.78 is 13.3. The van der Waals surface area contributed by atoms with Gasteiger partial charge in [-0.25, -0.2) is 9.37 Å². The molecular weight excluding hydrogens is 307 g/mol. The molecule has 2 aliphatic rings. The average molecular weight is 334 g/mol. The molecule has 1 aliphatic heterocycles. The smallest absolute Gasteiger partial charge is 0.223 e. The summed E-state index contributed by atoms with van der Waals surface area (Å²) in [6.07, 6.45) is 7.25. The second kappa shape index (κ2) is 8.42. The number of carbonyl (C=O) groups excluding carboxylic acids is 1. The number of hydrogen-bond donors (Lipinski definition) is 1. The van der Waals surface area contributed by atoms with Crippen molar-refractivity contribution in [3.05, 3.63) is 24.1 Å². The van der Waals surface area contributed by atoms with E-state index in [-0.39, 0.29) is 17.6 Å². The maximum Gasteiger partial charge on any atom is 0.223 e. The molecule has 0 radical (unpaired) electrons. The Morgan fingerprint density at radius 1 is 1.21 bits per heavy atom. The second-order valence-corrected chi connectivity index (χ2v) is 6.79. The first kappa shape index (κ1) is 17.1. The van der Waals surface area contributed by atoms with Crippen molar-refractivity contribution in [3.63, 3.8) is 0 Å². The lowest BCUT2D eigenvalue weighted by Gasteiger charge is -2.35. The van der Waals surface area contributed by atoms with Gasteiger partial charge in [-0.05, 0) is 18.9 Å². The number of pyridine rings is 1. The molecule has 0 spiro atoms. The summed E-state index contributed by atoms with van der Waals surface area (Å²) in [7, 11) is 0. The topological polar surface area (TPSA) is 48.5 Å². The van der Waals surface area contributed by atoms with E-state index in [1.807, 2.05) is 0 Å². The normalized spacial score (nSPS) is 20.1. The molecular formula is C18H27FN4O. The molecule has 132 valence electrons. The maximum absolute atomic E-state index is 13.3. The quantitative estimate of drug-likeness (QED) is 0.895. The first-order valence-corrected chi connectivity index (χ1v) is 9.09. The number of hydrogen-bond acceptors (Lipinski definition) is 4. The number of amides is 1. The van der Waals surface area contributed by atoms with E-state index >= 15 is 0 Å². The monoisotopic (exact) mass is 334 g/mol. The fourth-order valence-electron chi connectivity index (χ4n) is 3.61. The van der Waals surface area contributed by atoms with Crippen molar-refractivity contribution >= 4 is 11.7 Å². The van der Waals surface area contributed by atoms with Crippen LogP contribution in [0, 0.1) is 11.7 Å². The van der Waals surface area contributed by atoms with Gasteiger partial charge in [-0.2, -0.15) is 0 Å². The highest BCUT2D eigenvalue weighted by Crippen LogP contribution is 2.23. The molecule has 1 saturated heterocycles. The lowest BCUT2D eigenvalue weighted by molar-refractivity contribution is -0.125. The number of aromatic nitrogens is 1. The molecule has 0 bridgehead atoms. The third-order valence-electron chi connectivity index (χ3n) is 5.11. The Morgan fingerprint density at radius 3 is 2.67 bits per heavy atom. The van der Waals surface area contributed by atoms with Crippen molar-refractivity contribution in [1.29, 1.82) is 0 Å². The molecule has 0 aromatic carbocycles. The van der Waals surface area contributed by atoms with Gasteiger partial charge in [0.25, 0.3) is 0 Å². The van der Waals surface area contributed by atoms with Crippen LogP contribution >= 0.6 is 0 Å². The summed E-state index contributed by atoms with van der Waals surface area (Å²) in [5.74, 6) is 0.931. The number of piperazine rings is 1. The molecule has 24 heavy (non-hydrogen) atoms. The van der Waals surface area contributed by atoms with Crippen molar-refractivity contribution in [1.82, 2.24) is 15.2 Å². The second-order valence-electron chi connectivity index (χ2n) is 6.79. The van der Waals surface area contributed by atoms with E-state index in [1.54, 1.807) is 0 Å². The molecule has 1 N–H and O–H groups in total. The van der Waals surface area contributed by atoms with Crippen LogP contribution in [-0.2, 0) is 4.79 Å². The van der Waals surface area contributed by atoms with E-state index in [2.05, 4.69) is 20.1 Å². The Morgan fingerprint density at radius 2 is 1.96 bits per heavy atom. The van der Waals surface area contributed by atoms with Crippen LogP contribution in [0.1, 0.15) is 32.1 Å². The molecule has 1 amide bonds. The fraction of sp³-hybridized carbons (Fsp3) is 0.667. The van der Waals surface area contributed by atoms with E-state index < -0.39 is 0 Å². The van der Waals surface area contributed by atoms with Crippen LogP contribution in [0.15, 0.2) is 18.3 Å². The standard InChI is InChI=1S/C18H27FN4O/c19-16-6-7-20-17(14-16)23-12-10-22(11-13-23)9-8-21-18(24)15-4-2-1-3-5-15/h6-7,14-15H,1-5,8-13H2,(H,21,24). The Kier molecular flexibility index (Phi) is 6.01. The van der Waals surface area contributed by atoms with E-state index in [0.29, 0.717) is 12.4 Å². The molecule has 0 unspecified atom stereocenters. The van der Waals surface area contributed by atoms with Gasteiger partial charge in [-0.15, -0.1) is 0 Å². The largest absolute Gasteiger partial charge is 0.355 e. The SMILES string of the molecule is O=C(NCCN1CCN(c2cc(F)ccn2)CC1)C1CCCCC1. The Labute approximate surface area is 143 Å². The summed E-state index contributed by atoms with van der Waals surface area (Å²) in [5, 5.41) is 3.09. The van der Waals surface area contributed by atoms with Gasteiger partial charge >= 0.3 is 0 Å². The first-order chi connectivity index (χ1) is 11.7. The first-order valence-electron chi connectivity index (χ1n) is 9.09.